The van der Waals surface area contributed by atoms with Crippen LogP contribution in [-0.4, -0.2) is 9.97 Å². The molecule has 2 N–H and O–H groups in total. The lowest BCUT2D eigenvalue weighted by atomic mass is 10.1. The van der Waals surface area contributed by atoms with Crippen molar-refractivity contribution in [3.8, 4) is 0 Å². The van der Waals surface area contributed by atoms with Crippen molar-refractivity contribution < 1.29 is 8.81 Å². The van der Waals surface area contributed by atoms with Gasteiger partial charge in [0.1, 0.15) is 17.0 Å². The van der Waals surface area contributed by atoms with Crippen LogP contribution in [0.25, 0.3) is 21.8 Å². The van der Waals surface area contributed by atoms with Crippen LogP contribution in [0.15, 0.2) is 39.0 Å². The average molecular weight is 329 g/mol. The van der Waals surface area contributed by atoms with Gasteiger partial charge in [-0.05, 0) is 12.1 Å². The Morgan fingerprint density at radius 1 is 1.39 bits per heavy atom. The SMILES string of the molecule is CCc1oc(Nc2nccs2)c2c(=O)c3cccc(F)c3[nH]c12. The highest BCUT2D eigenvalue weighted by Gasteiger charge is 2.19. The van der Waals surface area contributed by atoms with Gasteiger partial charge in [-0.25, -0.2) is 9.37 Å². The van der Waals surface area contributed by atoms with E-state index in [0.29, 0.717) is 39.5 Å². The molecule has 0 aliphatic carbocycles. The number of nitrogens with one attached hydrogen (secondary N) is 2. The van der Waals surface area contributed by atoms with Gasteiger partial charge in [0.2, 0.25) is 11.3 Å². The van der Waals surface area contributed by atoms with Crippen LogP contribution >= 0.6 is 11.3 Å². The second-order valence-electron chi connectivity index (χ2n) is 5.04. The molecule has 1 aromatic carbocycles. The van der Waals surface area contributed by atoms with E-state index in [4.69, 9.17) is 4.42 Å². The third kappa shape index (κ3) is 2.12. The number of aromatic amines is 1. The summed E-state index contributed by atoms with van der Waals surface area (Å²) >= 11 is 1.40. The predicted octanol–water partition coefficient (Wildman–Crippen LogP) is 4.18. The summed E-state index contributed by atoms with van der Waals surface area (Å²) in [6.45, 7) is 1.91. The van der Waals surface area contributed by atoms with E-state index in [1.54, 1.807) is 12.3 Å². The first-order valence-corrected chi connectivity index (χ1v) is 7.99. The van der Waals surface area contributed by atoms with Gasteiger partial charge < -0.3 is 14.7 Å². The first kappa shape index (κ1) is 14.0. The van der Waals surface area contributed by atoms with Crippen molar-refractivity contribution in [1.82, 2.24) is 9.97 Å². The molecule has 3 aromatic heterocycles. The number of para-hydroxylation sites is 1. The minimum atomic E-state index is -0.459. The van der Waals surface area contributed by atoms with Crippen LogP contribution in [0.4, 0.5) is 15.4 Å². The zero-order valence-corrected chi connectivity index (χ0v) is 13.0. The van der Waals surface area contributed by atoms with Crippen LogP contribution in [0, 0.1) is 5.82 Å². The Balaban J connectivity index is 2.07. The van der Waals surface area contributed by atoms with Crippen LogP contribution in [0.3, 0.4) is 0 Å². The second kappa shape index (κ2) is 5.20. The number of fused-ring (bicyclic) bond motifs is 2. The maximum atomic E-state index is 14.0. The van der Waals surface area contributed by atoms with Gasteiger partial charge in [0.05, 0.1) is 11.0 Å². The quantitative estimate of drug-likeness (QED) is 0.591. The molecule has 0 aliphatic rings. The van der Waals surface area contributed by atoms with Gasteiger partial charge in [-0.2, -0.15) is 0 Å². The summed E-state index contributed by atoms with van der Waals surface area (Å²) in [5.41, 5.74) is 0.450. The molecule has 7 heteroatoms. The van der Waals surface area contributed by atoms with Crippen molar-refractivity contribution in [1.29, 1.82) is 0 Å². The van der Waals surface area contributed by atoms with E-state index in [1.165, 1.54) is 23.5 Å². The lowest BCUT2D eigenvalue weighted by molar-refractivity contribution is 0.536. The number of hydrogen-bond acceptors (Lipinski definition) is 5. The third-order valence-electron chi connectivity index (χ3n) is 3.69. The number of pyridine rings is 1. The van der Waals surface area contributed by atoms with Crippen LogP contribution in [-0.2, 0) is 6.42 Å². The number of hydrogen-bond donors (Lipinski definition) is 2. The van der Waals surface area contributed by atoms with E-state index in [2.05, 4.69) is 15.3 Å². The van der Waals surface area contributed by atoms with Gasteiger partial charge in [-0.15, -0.1) is 11.3 Å². The Bertz CT molecular complexity index is 1070. The largest absolute Gasteiger partial charge is 0.442 e. The molecule has 0 spiro atoms. The lowest BCUT2D eigenvalue weighted by Crippen LogP contribution is -2.06. The van der Waals surface area contributed by atoms with Crippen molar-refractivity contribution in [2.24, 2.45) is 0 Å². The molecular formula is C16H12FN3O2S. The molecular weight excluding hydrogens is 317 g/mol. The molecule has 0 saturated heterocycles. The number of nitrogens with zero attached hydrogens (tertiary/aromatic N) is 1. The van der Waals surface area contributed by atoms with E-state index in [-0.39, 0.29) is 10.9 Å². The number of halogens is 1. The zero-order chi connectivity index (χ0) is 16.0. The van der Waals surface area contributed by atoms with Crippen LogP contribution in [0.2, 0.25) is 0 Å². The molecule has 5 nitrogen and oxygen atoms in total. The molecule has 3 heterocycles. The zero-order valence-electron chi connectivity index (χ0n) is 12.1. The average Bonchev–Trinajstić information content (AvgIpc) is 3.17. The standard InChI is InChI=1S/C16H12FN3O2S/c1-2-10-13-11(15(22-10)20-16-18-6-7-23-16)14(21)8-4-3-5-9(17)12(8)19-13/h3-7,19H,2H2,1H3,(H,18,20). The maximum absolute atomic E-state index is 14.0. The second-order valence-corrected chi connectivity index (χ2v) is 5.93. The van der Waals surface area contributed by atoms with Crippen LogP contribution < -0.4 is 10.7 Å². The van der Waals surface area contributed by atoms with Crippen molar-refractivity contribution in [2.45, 2.75) is 13.3 Å². The molecule has 23 heavy (non-hydrogen) atoms. The molecule has 0 amide bonds. The van der Waals surface area contributed by atoms with Gasteiger partial charge in [-0.1, -0.05) is 13.0 Å². The summed E-state index contributed by atoms with van der Waals surface area (Å²) in [4.78, 5) is 20.0. The number of benzene rings is 1. The highest BCUT2D eigenvalue weighted by atomic mass is 32.1. The summed E-state index contributed by atoms with van der Waals surface area (Å²) in [6.07, 6.45) is 2.24. The summed E-state index contributed by atoms with van der Waals surface area (Å²) in [6, 6.07) is 4.44. The highest BCUT2D eigenvalue weighted by molar-refractivity contribution is 7.13. The molecule has 0 aliphatic heterocycles. The summed E-state index contributed by atoms with van der Waals surface area (Å²) in [5, 5.41) is 6.16. The van der Waals surface area contributed by atoms with Gasteiger partial charge >= 0.3 is 0 Å². The van der Waals surface area contributed by atoms with Crippen molar-refractivity contribution in [3.63, 3.8) is 0 Å². The van der Waals surface area contributed by atoms with E-state index in [1.807, 2.05) is 12.3 Å². The Morgan fingerprint density at radius 3 is 3.00 bits per heavy atom. The fraction of sp³-hybridized carbons (Fsp3) is 0.125. The van der Waals surface area contributed by atoms with E-state index >= 15 is 0 Å². The highest BCUT2D eigenvalue weighted by Crippen LogP contribution is 2.31. The molecule has 0 atom stereocenters. The minimum Gasteiger partial charge on any atom is -0.442 e. The monoisotopic (exact) mass is 329 g/mol. The number of thiazole rings is 1. The van der Waals surface area contributed by atoms with Crippen LogP contribution in [0.1, 0.15) is 12.7 Å². The van der Waals surface area contributed by atoms with E-state index in [0.717, 1.165) is 0 Å². The lowest BCUT2D eigenvalue weighted by Gasteiger charge is -2.01. The maximum Gasteiger partial charge on any atom is 0.212 e. The molecule has 0 radical (unpaired) electrons. The normalized spacial score (nSPS) is 11.4. The fourth-order valence-electron chi connectivity index (χ4n) is 2.65. The number of rotatable bonds is 3. The molecule has 4 aromatic rings. The third-order valence-corrected chi connectivity index (χ3v) is 4.38. The van der Waals surface area contributed by atoms with Crippen LogP contribution in [0.5, 0.6) is 0 Å². The number of anilines is 2. The molecule has 4 rings (SSSR count). The van der Waals surface area contributed by atoms with Crippen molar-refractivity contribution in [2.75, 3.05) is 5.32 Å². The van der Waals surface area contributed by atoms with Crippen molar-refractivity contribution in [3.05, 3.63) is 51.6 Å². The van der Waals surface area contributed by atoms with E-state index < -0.39 is 5.82 Å². The summed E-state index contributed by atoms with van der Waals surface area (Å²) in [5.74, 6) is 0.472. The Kier molecular flexibility index (Phi) is 3.16. The Hall–Kier alpha value is -2.67. The predicted molar refractivity (Wildman–Crippen MR) is 89.1 cm³/mol. The minimum absolute atomic E-state index is 0.196. The fourth-order valence-corrected chi connectivity index (χ4v) is 3.17. The Morgan fingerprint density at radius 2 is 2.26 bits per heavy atom. The van der Waals surface area contributed by atoms with Gasteiger partial charge in [0.25, 0.3) is 0 Å². The molecule has 0 fully saturated rings. The molecule has 116 valence electrons. The number of aryl methyl sites for hydroxylation is 1. The van der Waals surface area contributed by atoms with Gasteiger partial charge in [0, 0.05) is 23.4 Å². The number of H-pyrrole nitrogens is 1. The number of furan rings is 1. The van der Waals surface area contributed by atoms with Gasteiger partial charge in [-0.3, -0.25) is 4.79 Å². The van der Waals surface area contributed by atoms with Crippen molar-refractivity contribution >= 4 is 44.2 Å². The smallest absolute Gasteiger partial charge is 0.212 e. The van der Waals surface area contributed by atoms with Gasteiger partial charge in [0.15, 0.2) is 5.13 Å². The summed E-state index contributed by atoms with van der Waals surface area (Å²) < 4.78 is 19.8. The molecule has 0 bridgehead atoms. The molecule has 0 saturated carbocycles. The first-order chi connectivity index (χ1) is 11.2. The van der Waals surface area contributed by atoms with E-state index in [9.17, 15) is 9.18 Å². The number of aromatic nitrogens is 2. The summed E-state index contributed by atoms with van der Waals surface area (Å²) in [7, 11) is 0. The Labute approximate surface area is 133 Å². The molecule has 0 unspecified atom stereocenters. The topological polar surface area (TPSA) is 70.9 Å². The first-order valence-electron chi connectivity index (χ1n) is 7.11.